The Bertz CT molecular complexity index is 522. The Kier molecular flexibility index (Phi) is 4.68. The van der Waals surface area contributed by atoms with Crippen LogP contribution in [-0.4, -0.2) is 16.1 Å². The van der Waals surface area contributed by atoms with E-state index < -0.39 is 0 Å². The van der Waals surface area contributed by atoms with Gasteiger partial charge < -0.3 is 10.3 Å². The normalized spacial score (nSPS) is 12.6. The predicted octanol–water partition coefficient (Wildman–Crippen LogP) is 2.31. The fourth-order valence-corrected chi connectivity index (χ4v) is 2.27. The van der Waals surface area contributed by atoms with Crippen LogP contribution in [0.1, 0.15) is 17.8 Å². The highest BCUT2D eigenvalue weighted by Crippen LogP contribution is 2.15. The van der Waals surface area contributed by atoms with E-state index in [0.717, 1.165) is 30.7 Å². The van der Waals surface area contributed by atoms with Crippen molar-refractivity contribution < 1.29 is 4.39 Å². The summed E-state index contributed by atoms with van der Waals surface area (Å²) in [6.45, 7) is 0.612. The van der Waals surface area contributed by atoms with E-state index in [9.17, 15) is 4.39 Å². The van der Waals surface area contributed by atoms with Gasteiger partial charge in [-0.15, -0.1) is 0 Å². The van der Waals surface area contributed by atoms with Crippen molar-refractivity contribution in [3.05, 3.63) is 53.9 Å². The van der Waals surface area contributed by atoms with Crippen LogP contribution in [0, 0.1) is 11.7 Å². The summed E-state index contributed by atoms with van der Waals surface area (Å²) in [7, 11) is 1.99. The van der Waals surface area contributed by atoms with Gasteiger partial charge in [0.25, 0.3) is 0 Å². The second kappa shape index (κ2) is 6.48. The van der Waals surface area contributed by atoms with Gasteiger partial charge >= 0.3 is 0 Å². The lowest BCUT2D eigenvalue weighted by molar-refractivity contribution is 0.483. The molecule has 0 saturated carbocycles. The molecule has 4 heteroatoms. The lowest BCUT2D eigenvalue weighted by atomic mass is 9.94. The minimum atomic E-state index is -0.183. The van der Waals surface area contributed by atoms with Crippen LogP contribution in [0.15, 0.2) is 36.7 Å². The quantitative estimate of drug-likeness (QED) is 0.867. The van der Waals surface area contributed by atoms with E-state index >= 15 is 0 Å². The number of nitrogens with zero attached hydrogens (tertiary/aromatic N) is 2. The molecule has 102 valence electrons. The summed E-state index contributed by atoms with van der Waals surface area (Å²) >= 11 is 0. The summed E-state index contributed by atoms with van der Waals surface area (Å²) in [6, 6.07) is 6.75. The van der Waals surface area contributed by atoms with Crippen LogP contribution in [0.2, 0.25) is 0 Å². The van der Waals surface area contributed by atoms with Gasteiger partial charge in [-0.2, -0.15) is 0 Å². The van der Waals surface area contributed by atoms with Crippen molar-refractivity contribution in [3.63, 3.8) is 0 Å². The van der Waals surface area contributed by atoms with Crippen LogP contribution in [-0.2, 0) is 19.9 Å². The Balaban J connectivity index is 1.92. The zero-order valence-electron chi connectivity index (χ0n) is 11.2. The fourth-order valence-electron chi connectivity index (χ4n) is 2.27. The molecule has 0 spiro atoms. The molecule has 0 aliphatic heterocycles. The van der Waals surface area contributed by atoms with Crippen molar-refractivity contribution in [3.8, 4) is 0 Å². The van der Waals surface area contributed by atoms with Gasteiger partial charge in [0.2, 0.25) is 0 Å². The van der Waals surface area contributed by atoms with E-state index in [-0.39, 0.29) is 5.82 Å². The molecule has 0 fully saturated rings. The van der Waals surface area contributed by atoms with E-state index in [1.54, 1.807) is 18.3 Å². The fraction of sp³-hybridized carbons (Fsp3) is 0.400. The van der Waals surface area contributed by atoms with E-state index in [2.05, 4.69) is 4.98 Å². The summed E-state index contributed by atoms with van der Waals surface area (Å²) in [4.78, 5) is 4.31. The summed E-state index contributed by atoms with van der Waals surface area (Å²) in [6.07, 6.45) is 6.44. The second-order valence-corrected chi connectivity index (χ2v) is 4.93. The summed E-state index contributed by atoms with van der Waals surface area (Å²) in [5, 5.41) is 0. The molecule has 2 rings (SSSR count). The monoisotopic (exact) mass is 261 g/mol. The molecule has 0 amide bonds. The minimum Gasteiger partial charge on any atom is -0.338 e. The Morgan fingerprint density at radius 3 is 2.89 bits per heavy atom. The maximum Gasteiger partial charge on any atom is 0.123 e. The first-order chi connectivity index (χ1) is 9.19. The highest BCUT2D eigenvalue weighted by atomic mass is 19.1. The molecule has 1 aromatic carbocycles. The van der Waals surface area contributed by atoms with Crippen LogP contribution in [0.4, 0.5) is 4.39 Å². The summed E-state index contributed by atoms with van der Waals surface area (Å²) < 4.78 is 15.2. The number of benzene rings is 1. The molecule has 19 heavy (non-hydrogen) atoms. The number of rotatable bonds is 6. The van der Waals surface area contributed by atoms with Crippen LogP contribution < -0.4 is 5.73 Å². The van der Waals surface area contributed by atoms with Gasteiger partial charge in [0.1, 0.15) is 11.6 Å². The lowest BCUT2D eigenvalue weighted by Crippen LogP contribution is -2.18. The molecule has 1 aromatic heterocycles. The van der Waals surface area contributed by atoms with Gasteiger partial charge in [0.05, 0.1) is 0 Å². The molecule has 0 saturated heterocycles. The highest BCUT2D eigenvalue weighted by Gasteiger charge is 2.10. The zero-order valence-corrected chi connectivity index (χ0v) is 11.2. The van der Waals surface area contributed by atoms with Crippen molar-refractivity contribution >= 4 is 0 Å². The molecule has 0 aliphatic rings. The first-order valence-corrected chi connectivity index (χ1v) is 6.59. The third kappa shape index (κ3) is 3.89. The van der Waals surface area contributed by atoms with Crippen LogP contribution in [0.25, 0.3) is 0 Å². The number of halogens is 1. The number of aromatic nitrogens is 2. The smallest absolute Gasteiger partial charge is 0.123 e. The van der Waals surface area contributed by atoms with E-state index in [1.165, 1.54) is 6.07 Å². The van der Waals surface area contributed by atoms with Crippen molar-refractivity contribution in [2.75, 3.05) is 6.54 Å². The zero-order chi connectivity index (χ0) is 13.7. The average Bonchev–Trinajstić information content (AvgIpc) is 2.80. The molecule has 0 bridgehead atoms. The number of aryl methyl sites for hydroxylation is 2. The highest BCUT2D eigenvalue weighted by molar-refractivity contribution is 5.17. The van der Waals surface area contributed by atoms with Crippen LogP contribution >= 0.6 is 0 Å². The molecule has 1 heterocycles. The lowest BCUT2D eigenvalue weighted by Gasteiger charge is -2.14. The second-order valence-electron chi connectivity index (χ2n) is 4.93. The van der Waals surface area contributed by atoms with Crippen LogP contribution in [0.5, 0.6) is 0 Å². The van der Waals surface area contributed by atoms with E-state index in [4.69, 9.17) is 5.73 Å². The van der Waals surface area contributed by atoms with Crippen LogP contribution in [0.3, 0.4) is 0 Å². The Labute approximate surface area is 113 Å². The standard InChI is InChI=1S/C15H20FN3/c1-19-8-7-18-15(19)6-5-13(11-17)9-12-3-2-4-14(16)10-12/h2-4,7-8,10,13H,5-6,9,11,17H2,1H3. The topological polar surface area (TPSA) is 43.8 Å². The van der Waals surface area contributed by atoms with Crippen molar-refractivity contribution in [2.45, 2.75) is 19.3 Å². The first kappa shape index (κ1) is 13.7. The number of hydrogen-bond donors (Lipinski definition) is 1. The maximum atomic E-state index is 13.1. The first-order valence-electron chi connectivity index (χ1n) is 6.59. The molecule has 1 atom stereocenters. The summed E-state index contributed by atoms with van der Waals surface area (Å²) in [5.74, 6) is 1.24. The minimum absolute atomic E-state index is 0.183. The molecule has 2 N–H and O–H groups in total. The Hall–Kier alpha value is -1.68. The molecule has 0 aliphatic carbocycles. The largest absolute Gasteiger partial charge is 0.338 e. The van der Waals surface area contributed by atoms with E-state index in [1.807, 2.05) is 23.9 Å². The van der Waals surface area contributed by atoms with Crippen molar-refractivity contribution in [1.82, 2.24) is 9.55 Å². The average molecular weight is 261 g/mol. The summed E-state index contributed by atoms with van der Waals surface area (Å²) in [5.41, 5.74) is 6.82. The third-order valence-corrected chi connectivity index (χ3v) is 3.44. The van der Waals surface area contributed by atoms with E-state index in [0.29, 0.717) is 12.5 Å². The van der Waals surface area contributed by atoms with Gasteiger partial charge in [0, 0.05) is 25.9 Å². The van der Waals surface area contributed by atoms with Gasteiger partial charge in [-0.25, -0.2) is 9.37 Å². The van der Waals surface area contributed by atoms with Gasteiger partial charge in [-0.3, -0.25) is 0 Å². The van der Waals surface area contributed by atoms with Gasteiger partial charge in [-0.05, 0) is 43.0 Å². The van der Waals surface area contributed by atoms with Crippen molar-refractivity contribution in [2.24, 2.45) is 18.7 Å². The SMILES string of the molecule is Cn1ccnc1CCC(CN)Cc1cccc(F)c1. The predicted molar refractivity (Wildman–Crippen MR) is 74.2 cm³/mol. The molecule has 1 unspecified atom stereocenters. The third-order valence-electron chi connectivity index (χ3n) is 3.44. The number of imidazole rings is 1. The Morgan fingerprint density at radius 2 is 2.26 bits per heavy atom. The molecular formula is C15H20FN3. The molecule has 2 aromatic rings. The maximum absolute atomic E-state index is 13.1. The molecule has 3 nitrogen and oxygen atoms in total. The van der Waals surface area contributed by atoms with Gasteiger partial charge in [0.15, 0.2) is 0 Å². The molecule has 0 radical (unpaired) electrons. The van der Waals surface area contributed by atoms with Gasteiger partial charge in [-0.1, -0.05) is 12.1 Å². The van der Waals surface area contributed by atoms with Crippen molar-refractivity contribution in [1.29, 1.82) is 0 Å². The Morgan fingerprint density at radius 1 is 1.42 bits per heavy atom. The molecular weight excluding hydrogens is 241 g/mol. The number of hydrogen-bond acceptors (Lipinski definition) is 2. The number of nitrogens with two attached hydrogens (primary N) is 1.